The number of halogens is 3. The molecule has 1 aromatic rings. The van der Waals surface area contributed by atoms with Crippen LogP contribution < -0.4 is 0 Å². The highest BCUT2D eigenvalue weighted by molar-refractivity contribution is 5.96. The second-order valence-corrected chi connectivity index (χ2v) is 3.10. The Hall–Kier alpha value is -1.30. The third-order valence-electron chi connectivity index (χ3n) is 1.65. The Labute approximate surface area is 84.4 Å². The summed E-state index contributed by atoms with van der Waals surface area (Å²) >= 11 is 0. The Morgan fingerprint density at radius 3 is 2.67 bits per heavy atom. The first kappa shape index (κ1) is 11.8. The topological polar surface area (TPSA) is 31.2 Å². The molecule has 3 nitrogen and oxygen atoms in total. The number of carbonyl (C=O) groups is 1. The van der Waals surface area contributed by atoms with Crippen molar-refractivity contribution in [3.8, 4) is 0 Å². The lowest BCUT2D eigenvalue weighted by atomic mass is 10.2. The Morgan fingerprint density at radius 2 is 2.20 bits per heavy atom. The molecule has 84 valence electrons. The largest absolute Gasteiger partial charge is 0.411 e. The molecular weight excluding hydrogens is 211 g/mol. The lowest BCUT2D eigenvalue weighted by Crippen LogP contribution is -2.20. The first-order chi connectivity index (χ1) is 6.88. The van der Waals surface area contributed by atoms with Crippen LogP contribution in [0.25, 0.3) is 0 Å². The van der Waals surface area contributed by atoms with Gasteiger partial charge in [-0.15, -0.1) is 0 Å². The minimum absolute atomic E-state index is 0.347. The van der Waals surface area contributed by atoms with Crippen molar-refractivity contribution < 1.29 is 22.7 Å². The minimum atomic E-state index is -4.39. The fourth-order valence-electron chi connectivity index (χ4n) is 1.01. The molecule has 0 amide bonds. The summed E-state index contributed by atoms with van der Waals surface area (Å²) in [5, 5.41) is 0. The summed E-state index contributed by atoms with van der Waals surface area (Å²) in [5.41, 5.74) is 0.347. The van der Waals surface area contributed by atoms with Crippen molar-refractivity contribution in [2.75, 3.05) is 13.2 Å². The van der Waals surface area contributed by atoms with Crippen LogP contribution in [0.1, 0.15) is 10.4 Å². The predicted molar refractivity (Wildman–Crippen MR) is 46.6 cm³/mol. The van der Waals surface area contributed by atoms with E-state index in [1.807, 2.05) is 0 Å². The van der Waals surface area contributed by atoms with Gasteiger partial charge in [-0.25, -0.2) is 0 Å². The van der Waals surface area contributed by atoms with Gasteiger partial charge in [0, 0.05) is 25.0 Å². The molecule has 0 aliphatic rings. The lowest BCUT2D eigenvalue weighted by Gasteiger charge is -2.05. The Morgan fingerprint density at radius 1 is 1.53 bits per heavy atom. The van der Waals surface area contributed by atoms with Gasteiger partial charge in [-0.2, -0.15) is 13.2 Å². The van der Waals surface area contributed by atoms with E-state index in [2.05, 4.69) is 4.74 Å². The molecule has 0 aliphatic heterocycles. The van der Waals surface area contributed by atoms with E-state index in [1.54, 1.807) is 17.8 Å². The van der Waals surface area contributed by atoms with Crippen molar-refractivity contribution in [3.63, 3.8) is 0 Å². The molecule has 1 heterocycles. The van der Waals surface area contributed by atoms with Crippen molar-refractivity contribution in [1.29, 1.82) is 0 Å². The van der Waals surface area contributed by atoms with E-state index in [1.165, 1.54) is 12.3 Å². The Kier molecular flexibility index (Phi) is 3.52. The summed E-state index contributed by atoms with van der Waals surface area (Å²) < 4.78 is 40.9. The lowest BCUT2D eigenvalue weighted by molar-refractivity contribution is -0.170. The molecule has 0 radical (unpaired) electrons. The minimum Gasteiger partial charge on any atom is -0.364 e. The number of Topliss-reactive ketones (excluding diaryl/α,β-unsaturated/α-hetero) is 1. The highest BCUT2D eigenvalue weighted by Crippen LogP contribution is 2.14. The number of hydrogen-bond acceptors (Lipinski definition) is 2. The number of alkyl halides is 3. The molecule has 0 bridgehead atoms. The smallest absolute Gasteiger partial charge is 0.364 e. The summed E-state index contributed by atoms with van der Waals surface area (Å²) in [6.07, 6.45) is -1.23. The number of hydrogen-bond donors (Lipinski definition) is 0. The third-order valence-corrected chi connectivity index (χ3v) is 1.65. The predicted octanol–water partition coefficient (Wildman–Crippen LogP) is 1.79. The van der Waals surface area contributed by atoms with Gasteiger partial charge >= 0.3 is 6.18 Å². The van der Waals surface area contributed by atoms with Gasteiger partial charge in [-0.3, -0.25) is 4.79 Å². The summed E-state index contributed by atoms with van der Waals surface area (Å²) in [6.45, 7) is -1.95. The van der Waals surface area contributed by atoms with E-state index < -0.39 is 25.2 Å². The van der Waals surface area contributed by atoms with Crippen LogP contribution in [0, 0.1) is 0 Å². The molecule has 0 aromatic carbocycles. The molecule has 0 saturated heterocycles. The SMILES string of the molecule is Cn1ccc(C(=O)COCC(F)(F)F)c1. The highest BCUT2D eigenvalue weighted by Gasteiger charge is 2.27. The van der Waals surface area contributed by atoms with Crippen molar-refractivity contribution >= 4 is 5.78 Å². The zero-order chi connectivity index (χ0) is 11.5. The normalized spacial score (nSPS) is 11.7. The van der Waals surface area contributed by atoms with Gasteiger partial charge in [-0.05, 0) is 6.07 Å². The molecule has 1 aromatic heterocycles. The molecule has 1 rings (SSSR count). The second kappa shape index (κ2) is 4.48. The van der Waals surface area contributed by atoms with Crippen LogP contribution in [0.2, 0.25) is 0 Å². The van der Waals surface area contributed by atoms with E-state index in [0.717, 1.165) is 0 Å². The van der Waals surface area contributed by atoms with Gasteiger partial charge in [0.1, 0.15) is 13.2 Å². The van der Waals surface area contributed by atoms with Crippen LogP contribution in [0.15, 0.2) is 18.5 Å². The second-order valence-electron chi connectivity index (χ2n) is 3.10. The molecule has 6 heteroatoms. The maximum Gasteiger partial charge on any atom is 0.411 e. The molecule has 15 heavy (non-hydrogen) atoms. The molecule has 0 unspecified atom stereocenters. The number of ether oxygens (including phenoxy) is 1. The van der Waals surface area contributed by atoms with Gasteiger partial charge in [0.15, 0.2) is 5.78 Å². The molecule has 0 N–H and O–H groups in total. The molecule has 0 atom stereocenters. The average Bonchev–Trinajstić information content (AvgIpc) is 2.49. The summed E-state index contributed by atoms with van der Waals surface area (Å²) in [5.74, 6) is -0.458. The standard InChI is InChI=1S/C9H10F3NO2/c1-13-3-2-7(4-13)8(14)5-15-6-9(10,11)12/h2-4H,5-6H2,1H3. The quantitative estimate of drug-likeness (QED) is 0.726. The van der Waals surface area contributed by atoms with Crippen LogP contribution in [0.3, 0.4) is 0 Å². The number of aromatic nitrogens is 1. The van der Waals surface area contributed by atoms with E-state index in [0.29, 0.717) is 5.56 Å². The molecule has 0 fully saturated rings. The molecule has 0 saturated carbocycles. The van der Waals surface area contributed by atoms with E-state index in [4.69, 9.17) is 0 Å². The van der Waals surface area contributed by atoms with Crippen LogP contribution >= 0.6 is 0 Å². The van der Waals surface area contributed by atoms with Gasteiger partial charge in [-0.1, -0.05) is 0 Å². The van der Waals surface area contributed by atoms with E-state index in [9.17, 15) is 18.0 Å². The van der Waals surface area contributed by atoms with Crippen molar-refractivity contribution in [3.05, 3.63) is 24.0 Å². The van der Waals surface area contributed by atoms with Crippen LogP contribution in [-0.2, 0) is 11.8 Å². The summed E-state index contributed by atoms with van der Waals surface area (Å²) in [7, 11) is 1.72. The number of nitrogens with zero attached hydrogens (tertiary/aromatic N) is 1. The molecular formula is C9H10F3NO2. The van der Waals surface area contributed by atoms with Crippen molar-refractivity contribution in [1.82, 2.24) is 4.57 Å². The van der Waals surface area contributed by atoms with Crippen LogP contribution in [-0.4, -0.2) is 29.7 Å². The zero-order valence-electron chi connectivity index (χ0n) is 8.04. The van der Waals surface area contributed by atoms with Gasteiger partial charge in [0.25, 0.3) is 0 Å². The third kappa shape index (κ3) is 4.16. The fourth-order valence-corrected chi connectivity index (χ4v) is 1.01. The van der Waals surface area contributed by atoms with Crippen LogP contribution in [0.4, 0.5) is 13.2 Å². The first-order valence-corrected chi connectivity index (χ1v) is 4.18. The average molecular weight is 221 g/mol. The van der Waals surface area contributed by atoms with E-state index >= 15 is 0 Å². The zero-order valence-corrected chi connectivity index (χ0v) is 8.04. The number of rotatable bonds is 4. The monoisotopic (exact) mass is 221 g/mol. The Bertz CT molecular complexity index is 343. The number of carbonyl (C=O) groups excluding carboxylic acids is 1. The van der Waals surface area contributed by atoms with Gasteiger partial charge < -0.3 is 9.30 Å². The first-order valence-electron chi connectivity index (χ1n) is 4.18. The fraction of sp³-hybridized carbons (Fsp3) is 0.444. The van der Waals surface area contributed by atoms with E-state index in [-0.39, 0.29) is 0 Å². The molecule has 0 aliphatic carbocycles. The maximum atomic E-state index is 11.7. The van der Waals surface area contributed by atoms with Crippen molar-refractivity contribution in [2.24, 2.45) is 7.05 Å². The number of aryl methyl sites for hydroxylation is 1. The highest BCUT2D eigenvalue weighted by atomic mass is 19.4. The summed E-state index contributed by atoms with van der Waals surface area (Å²) in [6, 6.07) is 1.53. The van der Waals surface area contributed by atoms with Crippen molar-refractivity contribution in [2.45, 2.75) is 6.18 Å². The number of ketones is 1. The molecule has 0 spiro atoms. The van der Waals surface area contributed by atoms with Gasteiger partial charge in [0.05, 0.1) is 0 Å². The van der Waals surface area contributed by atoms with Gasteiger partial charge in [0.2, 0.25) is 0 Å². The summed E-state index contributed by atoms with van der Waals surface area (Å²) in [4.78, 5) is 11.2. The maximum absolute atomic E-state index is 11.7. The van der Waals surface area contributed by atoms with Crippen LogP contribution in [0.5, 0.6) is 0 Å². The Balaban J connectivity index is 2.37.